The molecule has 0 aliphatic carbocycles. The average Bonchev–Trinajstić information content (AvgIpc) is 2.22. The molecule has 2 nitrogen and oxygen atoms in total. The highest BCUT2D eigenvalue weighted by molar-refractivity contribution is 9.10. The van der Waals surface area contributed by atoms with Gasteiger partial charge in [-0.15, -0.1) is 0 Å². The van der Waals surface area contributed by atoms with E-state index in [9.17, 15) is 0 Å². The Bertz CT molecular complexity index is 280. The fraction of sp³-hybridized carbons (Fsp3) is 0.583. The van der Waals surface area contributed by atoms with Crippen LogP contribution in [-0.2, 0) is 6.54 Å². The third-order valence-electron chi connectivity index (χ3n) is 1.44. The summed E-state index contributed by atoms with van der Waals surface area (Å²) in [6.07, 6.45) is 1.88. The maximum atomic E-state index is 4.16. The summed E-state index contributed by atoms with van der Waals surface area (Å²) in [6.45, 7) is 11.4. The minimum Gasteiger partial charge on any atom is -0.259 e. The first-order chi connectivity index (χ1) is 7.47. The molecule has 0 aliphatic rings. The zero-order valence-corrected chi connectivity index (χ0v) is 13.1. The lowest BCUT2D eigenvalue weighted by atomic mass is 10.3. The van der Waals surface area contributed by atoms with E-state index in [0.717, 1.165) is 11.1 Å². The lowest BCUT2D eigenvalue weighted by Crippen LogP contribution is -2.16. The summed E-state index contributed by atoms with van der Waals surface area (Å²) < 4.78 is 4.45. The van der Waals surface area contributed by atoms with Gasteiger partial charge in [0.25, 0.3) is 0 Å². The van der Waals surface area contributed by atoms with Crippen molar-refractivity contribution in [3.63, 3.8) is 0 Å². The van der Waals surface area contributed by atoms with Gasteiger partial charge in [-0.1, -0.05) is 31.9 Å². The second-order valence-electron chi connectivity index (χ2n) is 4.02. The molecule has 0 unspecified atom stereocenters. The Morgan fingerprint density at radius 1 is 1.31 bits per heavy atom. The summed E-state index contributed by atoms with van der Waals surface area (Å²) in [5.74, 6) is 0. The van der Waals surface area contributed by atoms with Crippen LogP contribution in [0.5, 0.6) is 0 Å². The van der Waals surface area contributed by atoms with E-state index in [0.29, 0.717) is 0 Å². The highest BCUT2D eigenvalue weighted by Gasteiger charge is 2.09. The molecular formula is C12H21BrN2S. The maximum absolute atomic E-state index is 4.16. The SMILES string of the molecule is CC.CC(C)(C)SNCc1ccc(Br)nc1. The number of hydrogen-bond acceptors (Lipinski definition) is 3. The molecule has 1 N–H and O–H groups in total. The van der Waals surface area contributed by atoms with Gasteiger partial charge in [-0.2, -0.15) is 0 Å². The molecule has 1 heterocycles. The van der Waals surface area contributed by atoms with E-state index in [1.54, 1.807) is 11.9 Å². The van der Waals surface area contributed by atoms with Gasteiger partial charge >= 0.3 is 0 Å². The largest absolute Gasteiger partial charge is 0.259 e. The minimum absolute atomic E-state index is 0.253. The van der Waals surface area contributed by atoms with Gasteiger partial charge in [0.2, 0.25) is 0 Å². The molecule has 0 fully saturated rings. The van der Waals surface area contributed by atoms with Crippen LogP contribution in [0.4, 0.5) is 0 Å². The molecule has 0 aromatic carbocycles. The van der Waals surface area contributed by atoms with Crippen molar-refractivity contribution in [3.05, 3.63) is 28.5 Å². The van der Waals surface area contributed by atoms with E-state index < -0.39 is 0 Å². The summed E-state index contributed by atoms with van der Waals surface area (Å²) in [7, 11) is 0. The van der Waals surface area contributed by atoms with Crippen molar-refractivity contribution in [1.29, 1.82) is 0 Å². The van der Waals surface area contributed by atoms with E-state index in [-0.39, 0.29) is 4.75 Å². The molecule has 92 valence electrons. The number of nitrogens with one attached hydrogen (secondary N) is 1. The monoisotopic (exact) mass is 304 g/mol. The number of pyridine rings is 1. The Hall–Kier alpha value is -0.0600. The second-order valence-corrected chi connectivity index (χ2v) is 6.55. The molecule has 0 bridgehead atoms. The van der Waals surface area contributed by atoms with Crippen LogP contribution in [-0.4, -0.2) is 9.73 Å². The van der Waals surface area contributed by atoms with E-state index in [1.807, 2.05) is 26.1 Å². The zero-order chi connectivity index (χ0) is 12.6. The van der Waals surface area contributed by atoms with E-state index in [2.05, 4.69) is 52.5 Å². The van der Waals surface area contributed by atoms with E-state index in [1.165, 1.54) is 5.56 Å². The molecule has 1 aromatic heterocycles. The molecule has 1 aromatic rings. The van der Waals surface area contributed by atoms with Crippen LogP contribution in [0.2, 0.25) is 0 Å². The molecule has 0 saturated heterocycles. The summed E-state index contributed by atoms with van der Waals surface area (Å²) in [5, 5.41) is 0. The third-order valence-corrected chi connectivity index (χ3v) is 2.81. The fourth-order valence-electron chi connectivity index (χ4n) is 0.847. The van der Waals surface area contributed by atoms with Crippen molar-refractivity contribution in [2.45, 2.75) is 45.9 Å². The van der Waals surface area contributed by atoms with Gasteiger partial charge < -0.3 is 0 Å². The molecular weight excluding hydrogens is 284 g/mol. The Labute approximate surface area is 112 Å². The standard InChI is InChI=1S/C10H15BrN2S.C2H6/c1-10(2,3)14-13-7-8-4-5-9(11)12-6-8;1-2/h4-6,13H,7H2,1-3H3;1-2H3. The predicted molar refractivity (Wildman–Crippen MR) is 77.5 cm³/mol. The fourth-order valence-corrected chi connectivity index (χ4v) is 1.75. The second kappa shape index (κ2) is 8.09. The van der Waals surface area contributed by atoms with Crippen molar-refractivity contribution < 1.29 is 0 Å². The lowest BCUT2D eigenvalue weighted by Gasteiger charge is -2.17. The summed E-state index contributed by atoms with van der Waals surface area (Å²) in [4.78, 5) is 4.16. The average molecular weight is 305 g/mol. The number of nitrogens with zero attached hydrogens (tertiary/aromatic N) is 1. The van der Waals surface area contributed by atoms with Gasteiger partial charge in [-0.3, -0.25) is 4.72 Å². The topological polar surface area (TPSA) is 24.9 Å². The van der Waals surface area contributed by atoms with Crippen LogP contribution in [0.15, 0.2) is 22.9 Å². The Morgan fingerprint density at radius 2 is 1.94 bits per heavy atom. The molecule has 4 heteroatoms. The molecule has 1 rings (SSSR count). The summed E-state index contributed by atoms with van der Waals surface area (Å²) in [5.41, 5.74) is 1.20. The number of rotatable bonds is 3. The Morgan fingerprint density at radius 3 is 2.38 bits per heavy atom. The first kappa shape index (κ1) is 15.9. The van der Waals surface area contributed by atoms with Crippen molar-refractivity contribution in [2.24, 2.45) is 0 Å². The smallest absolute Gasteiger partial charge is 0.106 e. The van der Waals surface area contributed by atoms with Crippen LogP contribution >= 0.6 is 27.9 Å². The first-order valence-corrected chi connectivity index (χ1v) is 7.09. The van der Waals surface area contributed by atoms with E-state index in [4.69, 9.17) is 0 Å². The molecule has 0 aliphatic heterocycles. The van der Waals surface area contributed by atoms with E-state index >= 15 is 0 Å². The maximum Gasteiger partial charge on any atom is 0.106 e. The minimum atomic E-state index is 0.253. The summed E-state index contributed by atoms with van der Waals surface area (Å²) in [6, 6.07) is 4.02. The number of halogens is 1. The van der Waals surface area contributed by atoms with Crippen molar-refractivity contribution >= 4 is 27.9 Å². The lowest BCUT2D eigenvalue weighted by molar-refractivity contribution is 0.787. The highest BCUT2D eigenvalue weighted by atomic mass is 79.9. The summed E-state index contributed by atoms with van der Waals surface area (Å²) >= 11 is 5.05. The van der Waals surface area contributed by atoms with Gasteiger partial charge in [0.1, 0.15) is 4.60 Å². The van der Waals surface area contributed by atoms with Crippen LogP contribution in [0.1, 0.15) is 40.2 Å². The van der Waals surface area contributed by atoms with Crippen LogP contribution in [0, 0.1) is 0 Å². The van der Waals surface area contributed by atoms with Gasteiger partial charge in [-0.25, -0.2) is 4.98 Å². The molecule has 0 saturated carbocycles. The Kier molecular flexibility index (Phi) is 8.06. The molecule has 16 heavy (non-hydrogen) atoms. The first-order valence-electron chi connectivity index (χ1n) is 5.49. The quantitative estimate of drug-likeness (QED) is 0.661. The highest BCUT2D eigenvalue weighted by Crippen LogP contribution is 2.19. The van der Waals surface area contributed by atoms with Gasteiger partial charge in [0.05, 0.1) is 0 Å². The van der Waals surface area contributed by atoms with Gasteiger partial charge in [0, 0.05) is 17.5 Å². The number of hydrogen-bond donors (Lipinski definition) is 1. The van der Waals surface area contributed by atoms with Gasteiger partial charge in [-0.05, 0) is 48.3 Å². The van der Waals surface area contributed by atoms with Crippen LogP contribution in [0.25, 0.3) is 0 Å². The van der Waals surface area contributed by atoms with Gasteiger partial charge in [0.15, 0.2) is 0 Å². The molecule has 0 atom stereocenters. The molecule has 0 amide bonds. The zero-order valence-electron chi connectivity index (χ0n) is 10.7. The van der Waals surface area contributed by atoms with Crippen molar-refractivity contribution in [2.75, 3.05) is 0 Å². The van der Waals surface area contributed by atoms with Crippen molar-refractivity contribution in [1.82, 2.24) is 9.71 Å². The number of aromatic nitrogens is 1. The Balaban J connectivity index is 0.00000106. The third kappa shape index (κ3) is 8.13. The van der Waals surface area contributed by atoms with Crippen molar-refractivity contribution in [3.8, 4) is 0 Å². The van der Waals surface area contributed by atoms with Crippen LogP contribution in [0.3, 0.4) is 0 Å². The molecule has 0 radical (unpaired) electrons. The normalized spacial score (nSPS) is 10.6. The van der Waals surface area contributed by atoms with Crippen LogP contribution < -0.4 is 4.72 Å². The predicted octanol–water partition coefficient (Wildman–Crippen LogP) is 4.41. The molecule has 0 spiro atoms.